The highest BCUT2D eigenvalue weighted by Gasteiger charge is 2.24. The number of carboxylic acids is 1. The Morgan fingerprint density at radius 2 is 2.00 bits per heavy atom. The number of sulfonamides is 1. The predicted molar refractivity (Wildman–Crippen MR) is 72.0 cm³/mol. The van der Waals surface area contributed by atoms with Gasteiger partial charge in [-0.05, 0) is 31.0 Å². The van der Waals surface area contributed by atoms with E-state index < -0.39 is 21.7 Å². The van der Waals surface area contributed by atoms with E-state index in [4.69, 9.17) is 5.11 Å². The van der Waals surface area contributed by atoms with E-state index in [-0.39, 0.29) is 17.6 Å². The van der Waals surface area contributed by atoms with Crippen LogP contribution in [0.15, 0.2) is 24.3 Å². The Morgan fingerprint density at radius 3 is 2.60 bits per heavy atom. The summed E-state index contributed by atoms with van der Waals surface area (Å²) >= 11 is 0. The van der Waals surface area contributed by atoms with Gasteiger partial charge in [-0.2, -0.15) is 0 Å². The van der Waals surface area contributed by atoms with Gasteiger partial charge in [0.2, 0.25) is 10.0 Å². The quantitative estimate of drug-likeness (QED) is 0.704. The lowest BCUT2D eigenvalue weighted by Crippen LogP contribution is -2.26. The first-order valence-electron chi connectivity index (χ1n) is 5.99. The number of hydrogen-bond donors (Lipinski definition) is 3. The van der Waals surface area contributed by atoms with Gasteiger partial charge in [-0.25, -0.2) is 8.42 Å². The maximum absolute atomic E-state index is 11.8. The second-order valence-electron chi connectivity index (χ2n) is 4.58. The summed E-state index contributed by atoms with van der Waals surface area (Å²) in [6, 6.07) is 6.12. The number of anilines is 1. The Hall–Kier alpha value is -2.09. The largest absolute Gasteiger partial charge is 0.480 e. The number of aliphatic carboxylic acids is 1. The highest BCUT2D eigenvalue weighted by Crippen LogP contribution is 2.20. The van der Waals surface area contributed by atoms with Crippen molar-refractivity contribution >= 4 is 27.6 Å². The summed E-state index contributed by atoms with van der Waals surface area (Å²) in [7, 11) is -3.97. The second kappa shape index (κ2) is 5.49. The van der Waals surface area contributed by atoms with Crippen molar-refractivity contribution in [3.8, 4) is 0 Å². The van der Waals surface area contributed by atoms with Crippen molar-refractivity contribution in [2.75, 3.05) is 10.5 Å². The number of carbonyl (C=O) groups excluding carboxylic acids is 1. The summed E-state index contributed by atoms with van der Waals surface area (Å²) in [6.45, 7) is 0. The highest BCUT2D eigenvalue weighted by molar-refractivity contribution is 7.93. The summed E-state index contributed by atoms with van der Waals surface area (Å²) in [4.78, 5) is 22.2. The normalized spacial score (nSPS) is 14.6. The van der Waals surface area contributed by atoms with Crippen LogP contribution >= 0.6 is 0 Å². The fraction of sp³-hybridized carbons (Fsp3) is 0.333. The lowest BCUT2D eigenvalue weighted by atomic mass is 10.2. The molecule has 7 nitrogen and oxygen atoms in total. The molecule has 20 heavy (non-hydrogen) atoms. The molecule has 0 unspecified atom stereocenters. The number of rotatable bonds is 6. The van der Waals surface area contributed by atoms with Crippen LogP contribution in [0.2, 0.25) is 0 Å². The number of nitrogens with one attached hydrogen (secondary N) is 2. The summed E-state index contributed by atoms with van der Waals surface area (Å²) < 4.78 is 25.1. The Morgan fingerprint density at radius 1 is 1.30 bits per heavy atom. The molecule has 0 radical (unpaired) electrons. The van der Waals surface area contributed by atoms with Gasteiger partial charge in [-0.15, -0.1) is 0 Å². The van der Waals surface area contributed by atoms with Gasteiger partial charge in [0, 0.05) is 17.3 Å². The van der Waals surface area contributed by atoms with Gasteiger partial charge >= 0.3 is 5.97 Å². The molecule has 0 spiro atoms. The summed E-state index contributed by atoms with van der Waals surface area (Å²) in [5.41, 5.74) is 0.488. The van der Waals surface area contributed by atoms with E-state index in [2.05, 4.69) is 10.0 Å². The Kier molecular flexibility index (Phi) is 3.93. The van der Waals surface area contributed by atoms with Gasteiger partial charge in [0.1, 0.15) is 0 Å². The standard InChI is InChI=1S/C12H14N2O5S/c15-11(16)7-20(18,19)14-10-3-1-2-8(6-10)12(17)13-9-4-5-9/h1-3,6,9,14H,4-5,7H2,(H,13,17)(H,15,16). The van der Waals surface area contributed by atoms with Crippen LogP contribution in [0.4, 0.5) is 5.69 Å². The van der Waals surface area contributed by atoms with Crippen molar-refractivity contribution in [2.24, 2.45) is 0 Å². The number of benzene rings is 1. The third-order valence-corrected chi connectivity index (χ3v) is 3.80. The Labute approximate surface area is 116 Å². The first-order chi connectivity index (χ1) is 9.35. The zero-order valence-corrected chi connectivity index (χ0v) is 11.3. The minimum Gasteiger partial charge on any atom is -0.480 e. The molecule has 108 valence electrons. The van der Waals surface area contributed by atoms with Gasteiger partial charge in [0.25, 0.3) is 5.91 Å². The van der Waals surface area contributed by atoms with Crippen LogP contribution in [0.1, 0.15) is 23.2 Å². The third-order valence-electron chi connectivity index (χ3n) is 2.62. The molecular formula is C12H14N2O5S. The molecule has 0 atom stereocenters. The predicted octanol–water partition coefficient (Wildman–Crippen LogP) is 0.405. The van der Waals surface area contributed by atoms with Crippen LogP contribution in [0.25, 0.3) is 0 Å². The van der Waals surface area contributed by atoms with E-state index in [0.29, 0.717) is 5.56 Å². The first-order valence-corrected chi connectivity index (χ1v) is 7.64. The molecule has 8 heteroatoms. The molecule has 0 bridgehead atoms. The number of hydrogen-bond acceptors (Lipinski definition) is 4. The molecule has 1 saturated carbocycles. The minimum atomic E-state index is -3.97. The first kappa shape index (κ1) is 14.3. The molecule has 0 aliphatic heterocycles. The highest BCUT2D eigenvalue weighted by atomic mass is 32.2. The van der Waals surface area contributed by atoms with E-state index in [1.807, 2.05) is 0 Å². The van der Waals surface area contributed by atoms with E-state index in [0.717, 1.165) is 12.8 Å². The molecule has 0 heterocycles. The van der Waals surface area contributed by atoms with Crippen molar-refractivity contribution in [1.29, 1.82) is 0 Å². The monoisotopic (exact) mass is 298 g/mol. The fourth-order valence-corrected chi connectivity index (χ4v) is 2.48. The van der Waals surface area contributed by atoms with Gasteiger partial charge in [0.15, 0.2) is 5.75 Å². The summed E-state index contributed by atoms with van der Waals surface area (Å²) in [6.07, 6.45) is 1.91. The summed E-state index contributed by atoms with van der Waals surface area (Å²) in [5, 5.41) is 11.3. The molecule has 1 aromatic carbocycles. The van der Waals surface area contributed by atoms with Gasteiger partial charge in [-0.3, -0.25) is 14.3 Å². The maximum atomic E-state index is 11.8. The van der Waals surface area contributed by atoms with Gasteiger partial charge < -0.3 is 10.4 Å². The van der Waals surface area contributed by atoms with Crippen molar-refractivity contribution < 1.29 is 23.1 Å². The summed E-state index contributed by atoms with van der Waals surface area (Å²) in [5.74, 6) is -2.74. The Balaban J connectivity index is 2.09. The Bertz CT molecular complexity index is 637. The van der Waals surface area contributed by atoms with Gasteiger partial charge in [-0.1, -0.05) is 6.07 Å². The topological polar surface area (TPSA) is 113 Å². The number of carboxylic acid groups (broad SMARTS) is 1. The molecule has 1 aliphatic rings. The molecule has 1 aromatic rings. The van der Waals surface area contributed by atoms with Crippen molar-refractivity contribution in [3.63, 3.8) is 0 Å². The number of amides is 1. The molecular weight excluding hydrogens is 284 g/mol. The van der Waals surface area contributed by atoms with Crippen molar-refractivity contribution in [3.05, 3.63) is 29.8 Å². The van der Waals surface area contributed by atoms with E-state index in [1.165, 1.54) is 18.2 Å². The zero-order chi connectivity index (χ0) is 14.8. The molecule has 1 amide bonds. The van der Waals surface area contributed by atoms with Crippen molar-refractivity contribution in [1.82, 2.24) is 5.32 Å². The van der Waals surface area contributed by atoms with Crippen molar-refractivity contribution in [2.45, 2.75) is 18.9 Å². The lowest BCUT2D eigenvalue weighted by molar-refractivity contribution is -0.134. The molecule has 1 aliphatic carbocycles. The average molecular weight is 298 g/mol. The molecule has 0 aromatic heterocycles. The molecule has 2 rings (SSSR count). The second-order valence-corrected chi connectivity index (χ2v) is 6.31. The SMILES string of the molecule is O=C(O)CS(=O)(=O)Nc1cccc(C(=O)NC2CC2)c1. The van der Waals surface area contributed by atoms with Crippen LogP contribution < -0.4 is 10.0 Å². The third kappa shape index (κ3) is 4.23. The zero-order valence-electron chi connectivity index (χ0n) is 10.5. The van der Waals surface area contributed by atoms with Crippen LogP contribution in [0, 0.1) is 0 Å². The van der Waals surface area contributed by atoms with Gasteiger partial charge in [0.05, 0.1) is 0 Å². The molecule has 1 fully saturated rings. The average Bonchev–Trinajstić information content (AvgIpc) is 3.10. The van der Waals surface area contributed by atoms with Crippen LogP contribution in [-0.2, 0) is 14.8 Å². The fourth-order valence-electron chi connectivity index (χ4n) is 1.60. The van der Waals surface area contributed by atoms with Crippen LogP contribution in [0.5, 0.6) is 0 Å². The maximum Gasteiger partial charge on any atom is 0.320 e. The van der Waals surface area contributed by atoms with E-state index >= 15 is 0 Å². The number of carbonyl (C=O) groups is 2. The van der Waals surface area contributed by atoms with Crippen LogP contribution in [-0.4, -0.2) is 37.2 Å². The smallest absolute Gasteiger partial charge is 0.320 e. The lowest BCUT2D eigenvalue weighted by Gasteiger charge is -2.08. The van der Waals surface area contributed by atoms with E-state index in [9.17, 15) is 18.0 Å². The molecule has 3 N–H and O–H groups in total. The minimum absolute atomic E-state index is 0.162. The van der Waals surface area contributed by atoms with Crippen LogP contribution in [0.3, 0.4) is 0 Å². The molecule has 0 saturated heterocycles. The van der Waals surface area contributed by atoms with E-state index in [1.54, 1.807) is 6.07 Å².